The Hall–Kier alpha value is -1.53. The number of carbonyl (C=O) groups excluding carboxylic acids is 1. The predicted molar refractivity (Wildman–Crippen MR) is 83.8 cm³/mol. The molecular formula is C16H21BNO4. The van der Waals surface area contributed by atoms with Crippen molar-refractivity contribution in [2.24, 2.45) is 5.73 Å². The fourth-order valence-electron chi connectivity index (χ4n) is 2.56. The molecule has 1 aromatic carbocycles. The minimum absolute atomic E-state index is 0.393. The van der Waals surface area contributed by atoms with Crippen molar-refractivity contribution < 1.29 is 18.8 Å². The second-order valence-corrected chi connectivity index (χ2v) is 6.83. The second kappa shape index (κ2) is 5.00. The number of rotatable bonds is 2. The van der Waals surface area contributed by atoms with Gasteiger partial charge in [0.25, 0.3) is 5.91 Å². The molecule has 2 aliphatic rings. The third kappa shape index (κ3) is 2.50. The van der Waals surface area contributed by atoms with E-state index in [1.165, 1.54) is 0 Å². The molecule has 5 nitrogen and oxygen atoms in total. The molecule has 1 radical (unpaired) electrons. The summed E-state index contributed by atoms with van der Waals surface area (Å²) in [6.07, 6.45) is 1.85. The van der Waals surface area contributed by atoms with Crippen LogP contribution in [0.1, 0.15) is 39.7 Å². The number of hydrogen-bond acceptors (Lipinski definition) is 4. The van der Waals surface area contributed by atoms with E-state index < -0.39 is 30.3 Å². The van der Waals surface area contributed by atoms with Crippen molar-refractivity contribution in [2.75, 3.05) is 0 Å². The Balaban J connectivity index is 1.86. The van der Waals surface area contributed by atoms with Crippen molar-refractivity contribution >= 4 is 18.5 Å². The van der Waals surface area contributed by atoms with Gasteiger partial charge in [-0.3, -0.25) is 4.79 Å². The molecule has 1 unspecified atom stereocenters. The maximum atomic E-state index is 11.3. The van der Waals surface area contributed by atoms with Gasteiger partial charge >= 0.3 is 7.12 Å². The number of carbonyl (C=O) groups is 1. The van der Waals surface area contributed by atoms with E-state index in [-0.39, 0.29) is 0 Å². The molecule has 1 aromatic rings. The molecule has 22 heavy (non-hydrogen) atoms. The van der Waals surface area contributed by atoms with E-state index in [9.17, 15) is 4.79 Å². The third-order valence-corrected chi connectivity index (χ3v) is 4.70. The molecule has 0 saturated carbocycles. The number of ether oxygens (including phenoxy) is 1. The summed E-state index contributed by atoms with van der Waals surface area (Å²) in [7, 11) is -0.451. The Morgan fingerprint density at radius 3 is 2.45 bits per heavy atom. The lowest BCUT2D eigenvalue weighted by Crippen LogP contribution is -2.41. The zero-order chi connectivity index (χ0) is 16.1. The van der Waals surface area contributed by atoms with Gasteiger partial charge in [-0.25, -0.2) is 0 Å². The molecule has 0 spiro atoms. The SMILES string of the molecule is CC1(C)OB(c2ccc3c(c2)OC(C(N)=O)C[CH]3)OC1(C)C. The predicted octanol–water partition coefficient (Wildman–Crippen LogP) is 1.17. The Labute approximate surface area is 131 Å². The van der Waals surface area contributed by atoms with Gasteiger partial charge in [0.1, 0.15) is 5.75 Å². The quantitative estimate of drug-likeness (QED) is 0.833. The highest BCUT2D eigenvalue weighted by Gasteiger charge is 2.51. The first-order chi connectivity index (χ1) is 10.2. The first-order valence-electron chi connectivity index (χ1n) is 7.48. The van der Waals surface area contributed by atoms with Crippen LogP contribution in [0, 0.1) is 6.42 Å². The first kappa shape index (κ1) is 15.4. The highest BCUT2D eigenvalue weighted by atomic mass is 16.7. The van der Waals surface area contributed by atoms with Gasteiger partial charge in [-0.1, -0.05) is 12.1 Å². The molecule has 1 fully saturated rings. The molecule has 2 heterocycles. The average Bonchev–Trinajstić information content (AvgIpc) is 2.66. The van der Waals surface area contributed by atoms with Crippen LogP contribution < -0.4 is 15.9 Å². The van der Waals surface area contributed by atoms with E-state index >= 15 is 0 Å². The molecule has 117 valence electrons. The zero-order valence-electron chi connectivity index (χ0n) is 13.4. The number of hydrogen-bond donors (Lipinski definition) is 1. The lowest BCUT2D eigenvalue weighted by molar-refractivity contribution is -0.124. The molecule has 1 saturated heterocycles. The van der Waals surface area contributed by atoms with Gasteiger partial charge < -0.3 is 19.8 Å². The van der Waals surface area contributed by atoms with Crippen molar-refractivity contribution in [3.63, 3.8) is 0 Å². The highest BCUT2D eigenvalue weighted by molar-refractivity contribution is 6.62. The summed E-state index contributed by atoms with van der Waals surface area (Å²) in [5.41, 5.74) is 6.36. The monoisotopic (exact) mass is 302 g/mol. The van der Waals surface area contributed by atoms with Crippen molar-refractivity contribution in [3.8, 4) is 5.75 Å². The highest BCUT2D eigenvalue weighted by Crippen LogP contribution is 2.37. The molecule has 2 N–H and O–H groups in total. The number of benzene rings is 1. The molecular weight excluding hydrogens is 281 g/mol. The summed E-state index contributed by atoms with van der Waals surface area (Å²) < 4.78 is 17.8. The molecule has 0 bridgehead atoms. The molecule has 1 amide bonds. The summed E-state index contributed by atoms with van der Waals surface area (Å²) in [4.78, 5) is 11.3. The Morgan fingerprint density at radius 2 is 1.86 bits per heavy atom. The van der Waals surface area contributed by atoms with E-state index in [1.54, 1.807) is 0 Å². The van der Waals surface area contributed by atoms with Gasteiger partial charge in [-0.15, -0.1) is 0 Å². The van der Waals surface area contributed by atoms with Gasteiger partial charge in [-0.05, 0) is 51.2 Å². The van der Waals surface area contributed by atoms with Gasteiger partial charge in [0.2, 0.25) is 0 Å². The summed E-state index contributed by atoms with van der Waals surface area (Å²) in [6.45, 7) is 8.05. The Morgan fingerprint density at radius 1 is 1.23 bits per heavy atom. The van der Waals surface area contributed by atoms with Crippen molar-refractivity contribution in [1.29, 1.82) is 0 Å². The lowest BCUT2D eigenvalue weighted by atomic mass is 9.78. The maximum Gasteiger partial charge on any atom is 0.494 e. The standard InChI is InChI=1S/C16H21BNO4/c1-15(2)16(3,4)22-17(21-15)11-7-5-10-6-8-12(14(18)19)20-13(10)9-11/h5-7,9,12H,8H2,1-4H3,(H2,18,19). The van der Waals surface area contributed by atoms with E-state index in [0.717, 1.165) is 11.0 Å². The minimum Gasteiger partial charge on any atom is -0.480 e. The minimum atomic E-state index is -0.610. The van der Waals surface area contributed by atoms with Gasteiger partial charge in [-0.2, -0.15) is 0 Å². The second-order valence-electron chi connectivity index (χ2n) is 6.83. The van der Waals surface area contributed by atoms with Crippen LogP contribution in [0.2, 0.25) is 0 Å². The molecule has 3 rings (SSSR count). The normalized spacial score (nSPS) is 25.5. The third-order valence-electron chi connectivity index (χ3n) is 4.70. The van der Waals surface area contributed by atoms with Crippen LogP contribution in [0.15, 0.2) is 18.2 Å². The van der Waals surface area contributed by atoms with Crippen LogP contribution in [-0.4, -0.2) is 30.3 Å². The molecule has 0 aromatic heterocycles. The van der Waals surface area contributed by atoms with Crippen LogP contribution >= 0.6 is 0 Å². The van der Waals surface area contributed by atoms with E-state index in [0.29, 0.717) is 12.2 Å². The lowest BCUT2D eigenvalue weighted by Gasteiger charge is -2.32. The van der Waals surface area contributed by atoms with Crippen LogP contribution in [0.4, 0.5) is 0 Å². The van der Waals surface area contributed by atoms with Crippen LogP contribution in [0.3, 0.4) is 0 Å². The number of primary amides is 1. The van der Waals surface area contributed by atoms with E-state index in [1.807, 2.05) is 52.3 Å². The Kier molecular flexibility index (Phi) is 3.49. The molecule has 0 aliphatic carbocycles. The van der Waals surface area contributed by atoms with Crippen molar-refractivity contribution in [3.05, 3.63) is 30.2 Å². The van der Waals surface area contributed by atoms with Gasteiger partial charge in [0, 0.05) is 6.42 Å². The average molecular weight is 302 g/mol. The summed E-state index contributed by atoms with van der Waals surface area (Å²) in [5, 5.41) is 0. The topological polar surface area (TPSA) is 70.8 Å². The van der Waals surface area contributed by atoms with Gasteiger partial charge in [0.15, 0.2) is 6.10 Å². The smallest absolute Gasteiger partial charge is 0.480 e. The zero-order valence-corrected chi connectivity index (χ0v) is 13.4. The van der Waals surface area contributed by atoms with Crippen LogP contribution in [0.25, 0.3) is 0 Å². The summed E-state index contributed by atoms with van der Waals surface area (Å²) in [5.74, 6) is 0.185. The Bertz CT molecular complexity index is 598. The fourth-order valence-corrected chi connectivity index (χ4v) is 2.56. The van der Waals surface area contributed by atoms with Crippen molar-refractivity contribution in [1.82, 2.24) is 0 Å². The summed E-state index contributed by atoms with van der Waals surface area (Å²) >= 11 is 0. The van der Waals surface area contributed by atoms with E-state index in [4.69, 9.17) is 19.8 Å². The van der Waals surface area contributed by atoms with Crippen LogP contribution in [-0.2, 0) is 14.1 Å². The first-order valence-corrected chi connectivity index (χ1v) is 7.48. The number of fused-ring (bicyclic) bond motifs is 1. The maximum absolute atomic E-state index is 11.3. The molecule has 6 heteroatoms. The van der Waals surface area contributed by atoms with Crippen LogP contribution in [0.5, 0.6) is 5.75 Å². The van der Waals surface area contributed by atoms with Gasteiger partial charge in [0.05, 0.1) is 11.2 Å². The number of nitrogens with two attached hydrogens (primary N) is 1. The molecule has 2 aliphatic heterocycles. The van der Waals surface area contributed by atoms with Crippen molar-refractivity contribution in [2.45, 2.75) is 51.4 Å². The molecule has 1 atom stereocenters. The number of amides is 1. The van der Waals surface area contributed by atoms with E-state index in [2.05, 4.69) is 0 Å². The largest absolute Gasteiger partial charge is 0.494 e. The summed E-state index contributed by atoms with van der Waals surface area (Å²) in [6, 6.07) is 5.78. The fraction of sp³-hybridized carbons (Fsp3) is 0.500.